The number of carbonyl (C=O) groups is 4. The number of rotatable bonds is 2. The van der Waals surface area contributed by atoms with Crippen molar-refractivity contribution in [2.45, 2.75) is 84.5 Å². The van der Waals surface area contributed by atoms with Crippen molar-refractivity contribution >= 4 is 23.8 Å². The SMILES string of the molecule is CC(C)[C@@H]1C(=O)N(C)[C@H](C)C(=O)NCCCC[C@H](NC(=O)OC(C)(C)C)C(=O)N1C. The molecule has 1 aliphatic rings. The second-order valence-electron chi connectivity index (χ2n) is 9.25. The number of hydrogen-bond donors (Lipinski definition) is 2. The van der Waals surface area contributed by atoms with Crippen LogP contribution < -0.4 is 10.6 Å². The molecule has 4 amide bonds. The van der Waals surface area contributed by atoms with Crippen molar-refractivity contribution in [3.05, 3.63) is 0 Å². The van der Waals surface area contributed by atoms with E-state index in [1.807, 2.05) is 13.8 Å². The van der Waals surface area contributed by atoms with Crippen LogP contribution >= 0.6 is 0 Å². The minimum atomic E-state index is -0.821. The van der Waals surface area contributed by atoms with Gasteiger partial charge in [-0.15, -0.1) is 0 Å². The van der Waals surface area contributed by atoms with Crippen molar-refractivity contribution in [1.82, 2.24) is 20.4 Å². The zero-order chi connectivity index (χ0) is 23.2. The van der Waals surface area contributed by atoms with Crippen LogP contribution in [0.5, 0.6) is 0 Å². The third-order valence-corrected chi connectivity index (χ3v) is 5.17. The fraction of sp³-hybridized carbons (Fsp3) is 0.810. The van der Waals surface area contributed by atoms with Gasteiger partial charge in [0, 0.05) is 20.6 Å². The van der Waals surface area contributed by atoms with E-state index in [1.165, 1.54) is 9.80 Å². The largest absolute Gasteiger partial charge is 0.444 e. The first kappa shape index (κ1) is 25.7. The second kappa shape index (κ2) is 10.6. The highest BCUT2D eigenvalue weighted by Crippen LogP contribution is 2.17. The molecule has 3 atom stereocenters. The predicted octanol–water partition coefficient (Wildman–Crippen LogP) is 1.51. The van der Waals surface area contributed by atoms with Crippen molar-refractivity contribution in [3.8, 4) is 0 Å². The Morgan fingerprint density at radius 2 is 1.70 bits per heavy atom. The number of nitrogens with zero attached hydrogens (tertiary/aromatic N) is 2. The molecule has 9 heteroatoms. The Morgan fingerprint density at radius 1 is 1.10 bits per heavy atom. The van der Waals surface area contributed by atoms with Crippen molar-refractivity contribution < 1.29 is 23.9 Å². The van der Waals surface area contributed by atoms with Crippen molar-refractivity contribution in [2.24, 2.45) is 5.92 Å². The molecule has 0 aromatic rings. The maximum absolute atomic E-state index is 13.3. The van der Waals surface area contributed by atoms with Gasteiger partial charge in [-0.1, -0.05) is 13.8 Å². The summed E-state index contributed by atoms with van der Waals surface area (Å²) in [5.74, 6) is -1.09. The molecule has 0 unspecified atom stereocenters. The van der Waals surface area contributed by atoms with Crippen LogP contribution in [0.25, 0.3) is 0 Å². The Kier molecular flexibility index (Phi) is 9.11. The summed E-state index contributed by atoms with van der Waals surface area (Å²) in [6, 6.07) is -2.24. The molecule has 1 aliphatic heterocycles. The highest BCUT2D eigenvalue weighted by Gasteiger charge is 2.37. The third kappa shape index (κ3) is 7.18. The van der Waals surface area contributed by atoms with E-state index >= 15 is 0 Å². The number of amides is 4. The summed E-state index contributed by atoms with van der Waals surface area (Å²) in [5.41, 5.74) is -0.693. The molecule has 0 spiro atoms. The lowest BCUT2D eigenvalue weighted by Crippen LogP contribution is -2.58. The Balaban J connectivity index is 3.19. The molecule has 0 aromatic heterocycles. The van der Waals surface area contributed by atoms with E-state index in [2.05, 4.69) is 10.6 Å². The average molecular weight is 427 g/mol. The molecule has 0 aromatic carbocycles. The summed E-state index contributed by atoms with van der Waals surface area (Å²) in [6.45, 7) is 11.0. The highest BCUT2D eigenvalue weighted by molar-refractivity contribution is 5.93. The smallest absolute Gasteiger partial charge is 0.408 e. The van der Waals surface area contributed by atoms with Gasteiger partial charge in [0.1, 0.15) is 23.7 Å². The van der Waals surface area contributed by atoms with Gasteiger partial charge in [-0.05, 0) is 52.9 Å². The number of alkyl carbamates (subject to hydrolysis) is 1. The molecule has 1 rings (SSSR count). The summed E-state index contributed by atoms with van der Waals surface area (Å²) in [6.07, 6.45) is 0.964. The molecule has 2 N–H and O–H groups in total. The summed E-state index contributed by atoms with van der Waals surface area (Å²) in [5, 5.41) is 5.49. The fourth-order valence-corrected chi connectivity index (χ4v) is 3.40. The lowest BCUT2D eigenvalue weighted by Gasteiger charge is -2.36. The van der Waals surface area contributed by atoms with Crippen LogP contribution in [0.4, 0.5) is 4.79 Å². The topological polar surface area (TPSA) is 108 Å². The maximum atomic E-state index is 13.3. The van der Waals surface area contributed by atoms with E-state index in [4.69, 9.17) is 4.74 Å². The summed E-state index contributed by atoms with van der Waals surface area (Å²) in [4.78, 5) is 53.8. The van der Waals surface area contributed by atoms with E-state index in [9.17, 15) is 19.2 Å². The molecule has 1 fully saturated rings. The van der Waals surface area contributed by atoms with Gasteiger partial charge in [0.15, 0.2) is 0 Å². The van der Waals surface area contributed by atoms with Gasteiger partial charge in [0.2, 0.25) is 17.7 Å². The fourth-order valence-electron chi connectivity index (χ4n) is 3.40. The Labute approximate surface area is 179 Å². The first-order valence-electron chi connectivity index (χ1n) is 10.6. The quantitative estimate of drug-likeness (QED) is 0.696. The predicted molar refractivity (Wildman–Crippen MR) is 114 cm³/mol. The Bertz CT molecular complexity index is 644. The normalized spacial score (nSPS) is 25.2. The lowest BCUT2D eigenvalue weighted by atomic mass is 9.99. The number of nitrogens with one attached hydrogen (secondary N) is 2. The van der Waals surface area contributed by atoms with Crippen molar-refractivity contribution in [3.63, 3.8) is 0 Å². The maximum Gasteiger partial charge on any atom is 0.408 e. The van der Waals surface area contributed by atoms with E-state index in [-0.39, 0.29) is 23.6 Å². The average Bonchev–Trinajstić information content (AvgIpc) is 2.62. The highest BCUT2D eigenvalue weighted by atomic mass is 16.6. The van der Waals surface area contributed by atoms with Crippen molar-refractivity contribution in [1.29, 1.82) is 0 Å². The van der Waals surface area contributed by atoms with Gasteiger partial charge < -0.3 is 25.2 Å². The van der Waals surface area contributed by atoms with E-state index in [0.29, 0.717) is 25.8 Å². The molecule has 0 saturated carbocycles. The van der Waals surface area contributed by atoms with Gasteiger partial charge in [-0.2, -0.15) is 0 Å². The summed E-state index contributed by atoms with van der Waals surface area (Å²) in [7, 11) is 3.13. The molecule has 1 heterocycles. The molecule has 9 nitrogen and oxygen atoms in total. The minimum Gasteiger partial charge on any atom is -0.444 e. The Morgan fingerprint density at radius 3 is 2.23 bits per heavy atom. The standard InChI is InChI=1S/C21H38N4O5/c1-13(2)16-19(28)24(7)14(3)17(26)22-12-10-9-11-15(18(27)25(16)8)23-20(29)30-21(4,5)6/h13-16H,9-12H2,1-8H3,(H,22,26)(H,23,29)/t14-,15+,16-/m1/s1. The van der Waals surface area contributed by atoms with Crippen LogP contribution in [0.15, 0.2) is 0 Å². The first-order valence-corrected chi connectivity index (χ1v) is 10.6. The molecular weight excluding hydrogens is 388 g/mol. The van der Waals surface area contributed by atoms with Crippen molar-refractivity contribution in [2.75, 3.05) is 20.6 Å². The molecule has 30 heavy (non-hydrogen) atoms. The zero-order valence-corrected chi connectivity index (χ0v) is 19.6. The molecule has 172 valence electrons. The molecular formula is C21H38N4O5. The lowest BCUT2D eigenvalue weighted by molar-refractivity contribution is -0.149. The van der Waals surface area contributed by atoms with Crippen LogP contribution in [-0.2, 0) is 19.1 Å². The second-order valence-corrected chi connectivity index (χ2v) is 9.25. The van der Waals surface area contributed by atoms with Gasteiger partial charge in [0.05, 0.1) is 0 Å². The van der Waals surface area contributed by atoms with Crippen LogP contribution in [-0.4, -0.2) is 78.0 Å². The van der Waals surface area contributed by atoms with Gasteiger partial charge >= 0.3 is 6.09 Å². The molecule has 0 aliphatic carbocycles. The molecule has 1 saturated heterocycles. The van der Waals surface area contributed by atoms with E-state index < -0.39 is 29.8 Å². The number of ether oxygens (including phenoxy) is 1. The third-order valence-electron chi connectivity index (χ3n) is 5.17. The van der Waals surface area contributed by atoms with Gasteiger partial charge in [-0.25, -0.2) is 4.79 Å². The van der Waals surface area contributed by atoms with E-state index in [1.54, 1.807) is 41.8 Å². The number of hydrogen-bond acceptors (Lipinski definition) is 5. The Hall–Kier alpha value is -2.32. The zero-order valence-electron chi connectivity index (χ0n) is 19.6. The minimum absolute atomic E-state index is 0.184. The number of likely N-dealkylation sites (N-methyl/N-ethyl adjacent to an activating group) is 2. The van der Waals surface area contributed by atoms with Crippen LogP contribution in [0.1, 0.15) is 60.8 Å². The summed E-state index contributed by atoms with van der Waals surface area (Å²) < 4.78 is 5.30. The molecule has 0 bridgehead atoms. The van der Waals surface area contributed by atoms with Gasteiger partial charge in [-0.3, -0.25) is 14.4 Å². The van der Waals surface area contributed by atoms with Crippen LogP contribution in [0, 0.1) is 5.92 Å². The van der Waals surface area contributed by atoms with Gasteiger partial charge in [0.25, 0.3) is 0 Å². The van der Waals surface area contributed by atoms with Crippen LogP contribution in [0.2, 0.25) is 0 Å². The monoisotopic (exact) mass is 426 g/mol. The summed E-state index contributed by atoms with van der Waals surface area (Å²) >= 11 is 0. The number of carbonyl (C=O) groups excluding carboxylic acids is 4. The molecule has 0 radical (unpaired) electrons. The van der Waals surface area contributed by atoms with E-state index in [0.717, 1.165) is 0 Å². The first-order chi connectivity index (χ1) is 13.8. The van der Waals surface area contributed by atoms with Crippen LogP contribution in [0.3, 0.4) is 0 Å².